The van der Waals surface area contributed by atoms with E-state index in [4.69, 9.17) is 28.4 Å². The van der Waals surface area contributed by atoms with Crippen LogP contribution >= 0.6 is 0 Å². The first-order chi connectivity index (χ1) is 35.2. The maximum atomic E-state index is 14.9. The number of methoxy groups -OCH3 is 2. The van der Waals surface area contributed by atoms with Gasteiger partial charge in [0.15, 0.2) is 6.29 Å². The van der Waals surface area contributed by atoms with Crippen molar-refractivity contribution in [3.8, 4) is 0 Å². The van der Waals surface area contributed by atoms with Crippen molar-refractivity contribution >= 4 is 11.7 Å². The molecule has 0 spiro atoms. The van der Waals surface area contributed by atoms with Crippen LogP contribution < -0.4 is 4.90 Å². The Bertz CT molecular complexity index is 2110. The van der Waals surface area contributed by atoms with Crippen LogP contribution in [0.25, 0.3) is 0 Å². The molecule has 1 unspecified atom stereocenters. The standard InChI is InChI=1S/C55H93FN6O13/c1-15-44-55(10,69)48(65)35(6)60(12)28-31(2)25-53(8,68)50(33(4)45(34(5)51(67)74-44)43-26-54(9,71-14)49(66)36(7)73-43)75-52-46(64)41(24-32(3)72-52)59(11)22-20-38-29-62(58-57-38)42(27-56)47(70-13)37-16-18-39(19-17-37)61-23-21-40(63)30-61/h16-19,29,31-36,40-50,52,63-66,68-69H,15,20-28,30H2,1-14H3/t31-,32-,33+,34-,35-,36+,40+,41+,42-,43-,44-,45?,46-,47-,48-,49+,50-,52+,53-,54-,55-/m1/s1. The summed E-state index contributed by atoms with van der Waals surface area (Å²) < 4.78 is 54.5. The largest absolute Gasteiger partial charge is 0.459 e. The van der Waals surface area contributed by atoms with Crippen molar-refractivity contribution in [2.45, 2.75) is 210 Å². The predicted octanol–water partition coefficient (Wildman–Crippen LogP) is 3.85. The first-order valence-electron chi connectivity index (χ1n) is 27.3. The van der Waals surface area contributed by atoms with Gasteiger partial charge in [0.2, 0.25) is 0 Å². The summed E-state index contributed by atoms with van der Waals surface area (Å²) in [7, 11) is 6.80. The maximum absolute atomic E-state index is 14.9. The topological polar surface area (TPSA) is 234 Å². The third kappa shape index (κ3) is 13.7. The average molecular weight is 1070 g/mol. The van der Waals surface area contributed by atoms with E-state index in [9.17, 15) is 39.8 Å². The van der Waals surface area contributed by atoms with Gasteiger partial charge in [0, 0.05) is 83.1 Å². The van der Waals surface area contributed by atoms with Crippen LogP contribution in [0.2, 0.25) is 0 Å². The first-order valence-corrected chi connectivity index (χ1v) is 27.3. The summed E-state index contributed by atoms with van der Waals surface area (Å²) in [6.07, 6.45) is -5.90. The van der Waals surface area contributed by atoms with Crippen molar-refractivity contribution in [3.05, 3.63) is 41.7 Å². The number of benzene rings is 1. The van der Waals surface area contributed by atoms with E-state index in [1.165, 1.54) is 18.7 Å². The molecule has 0 bridgehead atoms. The number of ether oxygens (including phenoxy) is 6. The molecular formula is C55H93FN6O13. The van der Waals surface area contributed by atoms with Crippen LogP contribution in [0.15, 0.2) is 30.5 Å². The maximum Gasteiger partial charge on any atom is 0.309 e. The molecule has 0 radical (unpaired) electrons. The SMILES string of the molecule is CC[C@H]1OC(=O)[C@H](C)C([C@H]2C[C@@](C)(OC)[C@@H](O)[C@H](C)O2)[C@H](C)[C@@H](O[C@@H]2O[C@H](C)C[C@H](N(C)CCc3cn([C@H](CF)[C@H](OC)c4ccc(N5CC[C@H](O)C5)cc4)nn3)[C@H]2O)[C@](C)(O)C[C@@H](C)CN(C)[C@H](C)[C@@H](O)[C@]1(C)O. The van der Waals surface area contributed by atoms with Crippen molar-refractivity contribution in [3.63, 3.8) is 0 Å². The van der Waals surface area contributed by atoms with E-state index in [0.717, 1.165) is 17.8 Å². The Labute approximate surface area is 444 Å². The second kappa shape index (κ2) is 25.4. The third-order valence-electron chi connectivity index (χ3n) is 17.6. The highest BCUT2D eigenvalue weighted by molar-refractivity contribution is 5.73. The van der Waals surface area contributed by atoms with E-state index < -0.39 is 127 Å². The lowest BCUT2D eigenvalue weighted by Gasteiger charge is -2.51. The normalized spacial score (nSPS) is 41.0. The highest BCUT2D eigenvalue weighted by Crippen LogP contribution is 2.45. The van der Waals surface area contributed by atoms with E-state index in [-0.39, 0.29) is 31.3 Å². The Morgan fingerprint density at radius 2 is 1.64 bits per heavy atom. The summed E-state index contributed by atoms with van der Waals surface area (Å²) >= 11 is 0. The summed E-state index contributed by atoms with van der Waals surface area (Å²) in [5.41, 5.74) is -2.15. The number of carbonyl (C=O) groups excluding carboxylic acids is 1. The van der Waals surface area contributed by atoms with Crippen molar-refractivity contribution < 1.29 is 68.2 Å². The van der Waals surface area contributed by atoms with E-state index >= 15 is 0 Å². The van der Waals surface area contributed by atoms with Crippen molar-refractivity contribution in [1.29, 1.82) is 0 Å². The summed E-state index contributed by atoms with van der Waals surface area (Å²) in [5, 5.41) is 79.0. The minimum Gasteiger partial charge on any atom is -0.459 e. The molecule has 2 aromatic rings. The molecule has 21 atom stereocenters. The number of aromatic nitrogens is 3. The molecule has 0 saturated carbocycles. The van der Waals surface area contributed by atoms with E-state index in [2.05, 4.69) is 15.2 Å². The van der Waals surface area contributed by atoms with Crippen LogP contribution in [-0.4, -0.2) is 213 Å². The Kier molecular flexibility index (Phi) is 20.8. The Hall–Kier alpha value is -2.96. The molecular weight excluding hydrogens is 972 g/mol. The zero-order chi connectivity index (χ0) is 55.5. The molecule has 428 valence electrons. The highest BCUT2D eigenvalue weighted by Gasteiger charge is 2.55. The van der Waals surface area contributed by atoms with E-state index in [1.807, 2.05) is 68.9 Å². The van der Waals surface area contributed by atoms with Crippen LogP contribution in [0.4, 0.5) is 10.1 Å². The van der Waals surface area contributed by atoms with Gasteiger partial charge in [-0.1, -0.05) is 45.0 Å². The van der Waals surface area contributed by atoms with Crippen LogP contribution in [0.1, 0.15) is 125 Å². The quantitative estimate of drug-likeness (QED) is 0.139. The number of hydrogen-bond donors (Lipinski definition) is 6. The molecule has 1 aromatic carbocycles. The minimum atomic E-state index is -1.83. The van der Waals surface area contributed by atoms with Crippen LogP contribution in [0.3, 0.4) is 0 Å². The number of rotatable bonds is 15. The number of carbonyl (C=O) groups is 1. The number of anilines is 1. The summed E-state index contributed by atoms with van der Waals surface area (Å²) in [4.78, 5) is 20.7. The lowest BCUT2D eigenvalue weighted by atomic mass is 9.68. The average Bonchev–Trinajstić information content (AvgIpc) is 4.03. The van der Waals surface area contributed by atoms with Crippen LogP contribution in [-0.2, 0) is 39.6 Å². The van der Waals surface area contributed by atoms with Gasteiger partial charge in [0.25, 0.3) is 0 Å². The molecule has 4 aliphatic rings. The van der Waals surface area contributed by atoms with Crippen LogP contribution in [0.5, 0.6) is 0 Å². The van der Waals surface area contributed by atoms with Gasteiger partial charge in [-0.15, -0.1) is 5.10 Å². The summed E-state index contributed by atoms with van der Waals surface area (Å²) in [5.74, 6) is -3.26. The van der Waals surface area contributed by atoms with E-state index in [0.29, 0.717) is 44.6 Å². The summed E-state index contributed by atoms with van der Waals surface area (Å²) in [6.45, 7) is 19.3. The Morgan fingerprint density at radius 1 is 0.960 bits per heavy atom. The molecule has 20 heteroatoms. The second-order valence-electron chi connectivity index (χ2n) is 23.6. The molecule has 19 nitrogen and oxygen atoms in total. The van der Waals surface area contributed by atoms with Gasteiger partial charge in [0.05, 0.1) is 53.3 Å². The van der Waals surface area contributed by atoms with Crippen molar-refractivity contribution in [2.24, 2.45) is 23.7 Å². The molecule has 0 amide bonds. The number of aliphatic hydroxyl groups is 6. The molecule has 4 saturated heterocycles. The fraction of sp³-hybridized carbons (Fsp3) is 0.836. The van der Waals surface area contributed by atoms with Crippen molar-refractivity contribution in [1.82, 2.24) is 24.8 Å². The number of esters is 1. The van der Waals surface area contributed by atoms with Gasteiger partial charge in [0.1, 0.15) is 48.8 Å². The number of hydrogen-bond acceptors (Lipinski definition) is 18. The fourth-order valence-corrected chi connectivity index (χ4v) is 12.9. The number of nitrogens with zero attached hydrogens (tertiary/aromatic N) is 6. The minimum absolute atomic E-state index is 0.171. The van der Waals surface area contributed by atoms with Gasteiger partial charge in [-0.2, -0.15) is 0 Å². The fourth-order valence-electron chi connectivity index (χ4n) is 12.9. The Morgan fingerprint density at radius 3 is 2.24 bits per heavy atom. The lowest BCUT2D eigenvalue weighted by Crippen LogP contribution is -2.62. The third-order valence-corrected chi connectivity index (χ3v) is 17.6. The highest BCUT2D eigenvalue weighted by atomic mass is 19.1. The number of aliphatic hydroxyl groups excluding tert-OH is 4. The van der Waals surface area contributed by atoms with Crippen molar-refractivity contribution in [2.75, 3.05) is 66.1 Å². The lowest BCUT2D eigenvalue weighted by molar-refractivity contribution is -0.302. The van der Waals surface area contributed by atoms with Gasteiger partial charge in [-0.3, -0.25) is 4.79 Å². The monoisotopic (exact) mass is 1060 g/mol. The smallest absolute Gasteiger partial charge is 0.309 e. The number of cyclic esters (lactones) is 1. The molecule has 6 rings (SSSR count). The van der Waals surface area contributed by atoms with Crippen LogP contribution in [0, 0.1) is 23.7 Å². The first kappa shape index (κ1) is 61.3. The molecule has 4 aliphatic heterocycles. The molecule has 0 aliphatic carbocycles. The summed E-state index contributed by atoms with van der Waals surface area (Å²) in [6, 6.07) is 5.90. The van der Waals surface area contributed by atoms with E-state index in [1.54, 1.807) is 54.8 Å². The predicted molar refractivity (Wildman–Crippen MR) is 280 cm³/mol. The zero-order valence-corrected chi connectivity index (χ0v) is 47.2. The zero-order valence-electron chi connectivity index (χ0n) is 47.2. The Balaban J connectivity index is 1.26. The van der Waals surface area contributed by atoms with Gasteiger partial charge >= 0.3 is 5.97 Å². The number of halogens is 1. The number of alkyl halides is 1. The van der Waals surface area contributed by atoms with Gasteiger partial charge < -0.3 is 73.8 Å². The molecule has 75 heavy (non-hydrogen) atoms. The number of likely N-dealkylation sites (N-methyl/N-ethyl adjacent to an activating group) is 2. The van der Waals surface area contributed by atoms with Gasteiger partial charge in [-0.25, -0.2) is 9.07 Å². The second-order valence-corrected chi connectivity index (χ2v) is 23.6. The van der Waals surface area contributed by atoms with Gasteiger partial charge in [-0.05, 0) is 111 Å². The molecule has 5 heterocycles. The number of β-amino-alcohol motifs (C(OH)–C–C–N with tert-alkyl or cyclic N) is 1. The molecule has 4 fully saturated rings. The molecule has 1 aromatic heterocycles. The molecule has 6 N–H and O–H groups in total.